The molecule has 0 bridgehead atoms. The molecule has 3 atom stereocenters. The van der Waals surface area contributed by atoms with E-state index in [0.717, 1.165) is 39.2 Å². The summed E-state index contributed by atoms with van der Waals surface area (Å²) in [5.41, 5.74) is 7.14. The van der Waals surface area contributed by atoms with E-state index in [1.54, 1.807) is 0 Å². The fourth-order valence-electron chi connectivity index (χ4n) is 4.64. The zero-order valence-electron chi connectivity index (χ0n) is 13.8. The number of likely N-dealkylation sites (N-methyl/N-ethyl adjacent to an activating group) is 1. The molecule has 0 radical (unpaired) electrons. The number of nitrogens with two attached hydrogens (primary N) is 1. The standard InChI is InChI=1S/C16H31N3O/c1-14(2)10-19(8-7-18(14)5)11-16(17)12-6-9-20-13(12)15(16,3)4/h12-13H,6-11,17H2,1-5H3. The van der Waals surface area contributed by atoms with Crippen molar-refractivity contribution in [1.29, 1.82) is 0 Å². The first kappa shape index (κ1) is 14.8. The van der Waals surface area contributed by atoms with E-state index in [9.17, 15) is 0 Å². The third kappa shape index (κ3) is 1.88. The van der Waals surface area contributed by atoms with Gasteiger partial charge in [-0.25, -0.2) is 0 Å². The Morgan fingerprint density at radius 2 is 1.90 bits per heavy atom. The van der Waals surface area contributed by atoms with E-state index < -0.39 is 0 Å². The molecule has 3 unspecified atom stereocenters. The van der Waals surface area contributed by atoms with Gasteiger partial charge in [0.2, 0.25) is 0 Å². The Morgan fingerprint density at radius 3 is 2.55 bits per heavy atom. The molecule has 0 aromatic carbocycles. The second-order valence-corrected chi connectivity index (χ2v) is 8.39. The van der Waals surface area contributed by atoms with Gasteiger partial charge < -0.3 is 10.5 Å². The molecule has 3 fully saturated rings. The van der Waals surface area contributed by atoms with Crippen molar-refractivity contribution in [2.45, 2.75) is 51.3 Å². The van der Waals surface area contributed by atoms with E-state index in [0.29, 0.717) is 12.0 Å². The summed E-state index contributed by atoms with van der Waals surface area (Å²) in [5.74, 6) is 0.556. The fourth-order valence-corrected chi connectivity index (χ4v) is 4.64. The van der Waals surface area contributed by atoms with Gasteiger partial charge >= 0.3 is 0 Å². The molecule has 0 amide bonds. The summed E-state index contributed by atoms with van der Waals surface area (Å²) >= 11 is 0. The quantitative estimate of drug-likeness (QED) is 0.824. The molecular weight excluding hydrogens is 250 g/mol. The Labute approximate surface area is 123 Å². The Balaban J connectivity index is 1.71. The molecule has 2 aliphatic heterocycles. The molecule has 4 heteroatoms. The van der Waals surface area contributed by atoms with Crippen molar-refractivity contribution in [3.63, 3.8) is 0 Å². The van der Waals surface area contributed by atoms with E-state index in [1.165, 1.54) is 0 Å². The zero-order chi connectivity index (χ0) is 14.8. The van der Waals surface area contributed by atoms with Crippen LogP contribution in [0.5, 0.6) is 0 Å². The first-order valence-electron chi connectivity index (χ1n) is 8.02. The van der Waals surface area contributed by atoms with Crippen LogP contribution in [0.1, 0.15) is 34.1 Å². The number of hydrogen-bond donors (Lipinski definition) is 1. The first-order chi connectivity index (χ1) is 9.18. The molecule has 0 spiro atoms. The topological polar surface area (TPSA) is 41.7 Å². The predicted octanol–water partition coefficient (Wildman–Crippen LogP) is 1.15. The van der Waals surface area contributed by atoms with Gasteiger partial charge in [0.25, 0.3) is 0 Å². The van der Waals surface area contributed by atoms with Gasteiger partial charge in [-0.1, -0.05) is 13.8 Å². The fraction of sp³-hybridized carbons (Fsp3) is 1.00. The molecule has 3 aliphatic rings. The monoisotopic (exact) mass is 281 g/mol. The van der Waals surface area contributed by atoms with Gasteiger partial charge in [-0.15, -0.1) is 0 Å². The highest BCUT2D eigenvalue weighted by atomic mass is 16.5. The van der Waals surface area contributed by atoms with Crippen molar-refractivity contribution in [2.24, 2.45) is 17.1 Å². The van der Waals surface area contributed by atoms with Gasteiger partial charge in [-0.2, -0.15) is 0 Å². The highest BCUT2D eigenvalue weighted by Gasteiger charge is 2.67. The van der Waals surface area contributed by atoms with E-state index in [-0.39, 0.29) is 16.5 Å². The average Bonchev–Trinajstić information content (AvgIpc) is 2.81. The Morgan fingerprint density at radius 1 is 1.20 bits per heavy atom. The highest BCUT2D eigenvalue weighted by molar-refractivity contribution is 5.22. The van der Waals surface area contributed by atoms with Crippen LogP contribution in [0.25, 0.3) is 0 Å². The molecule has 1 saturated carbocycles. The normalized spacial score (nSPS) is 44.1. The molecule has 0 aromatic heterocycles. The maximum atomic E-state index is 6.88. The lowest BCUT2D eigenvalue weighted by Crippen LogP contribution is -2.79. The second kappa shape index (κ2) is 4.42. The third-order valence-electron chi connectivity index (χ3n) is 6.55. The summed E-state index contributed by atoms with van der Waals surface area (Å²) < 4.78 is 5.90. The molecule has 4 nitrogen and oxygen atoms in total. The van der Waals surface area contributed by atoms with Crippen molar-refractivity contribution < 1.29 is 4.74 Å². The summed E-state index contributed by atoms with van der Waals surface area (Å²) in [4.78, 5) is 5.04. The number of fused-ring (bicyclic) bond motifs is 1. The molecule has 2 N–H and O–H groups in total. The number of hydrogen-bond acceptors (Lipinski definition) is 4. The molecular formula is C16H31N3O. The lowest BCUT2D eigenvalue weighted by atomic mass is 9.48. The van der Waals surface area contributed by atoms with E-state index in [1.807, 2.05) is 0 Å². The maximum absolute atomic E-state index is 6.88. The number of ether oxygens (including phenoxy) is 1. The van der Waals surface area contributed by atoms with Crippen LogP contribution in [0.2, 0.25) is 0 Å². The Kier molecular flexibility index (Phi) is 3.26. The van der Waals surface area contributed by atoms with Crippen LogP contribution < -0.4 is 5.73 Å². The van der Waals surface area contributed by atoms with Gasteiger partial charge in [-0.05, 0) is 27.3 Å². The van der Waals surface area contributed by atoms with Gasteiger partial charge in [0.1, 0.15) is 0 Å². The summed E-state index contributed by atoms with van der Waals surface area (Å²) in [5, 5.41) is 0. The van der Waals surface area contributed by atoms with Crippen molar-refractivity contribution >= 4 is 0 Å². The van der Waals surface area contributed by atoms with E-state index in [2.05, 4.69) is 44.5 Å². The van der Waals surface area contributed by atoms with Crippen LogP contribution in [0.3, 0.4) is 0 Å². The van der Waals surface area contributed by atoms with Crippen LogP contribution in [0, 0.1) is 11.3 Å². The van der Waals surface area contributed by atoms with Gasteiger partial charge in [0.05, 0.1) is 6.10 Å². The smallest absolute Gasteiger partial charge is 0.0691 e. The number of nitrogens with zero attached hydrogens (tertiary/aromatic N) is 2. The number of piperazine rings is 1. The van der Waals surface area contributed by atoms with Crippen LogP contribution in [0.4, 0.5) is 0 Å². The summed E-state index contributed by atoms with van der Waals surface area (Å²) in [6.45, 7) is 14.5. The second-order valence-electron chi connectivity index (χ2n) is 8.39. The van der Waals surface area contributed by atoms with Crippen LogP contribution in [-0.4, -0.2) is 66.8 Å². The van der Waals surface area contributed by atoms with Crippen molar-refractivity contribution in [3.05, 3.63) is 0 Å². The van der Waals surface area contributed by atoms with Gasteiger partial charge in [0, 0.05) is 55.2 Å². The molecule has 0 aromatic rings. The first-order valence-corrected chi connectivity index (χ1v) is 8.02. The zero-order valence-corrected chi connectivity index (χ0v) is 13.8. The van der Waals surface area contributed by atoms with Crippen LogP contribution in [-0.2, 0) is 4.74 Å². The highest BCUT2D eigenvalue weighted by Crippen LogP contribution is 2.58. The lowest BCUT2D eigenvalue weighted by molar-refractivity contribution is -0.167. The van der Waals surface area contributed by atoms with Crippen LogP contribution in [0.15, 0.2) is 0 Å². The molecule has 20 heavy (non-hydrogen) atoms. The Bertz CT molecular complexity index is 395. The Hall–Kier alpha value is -0.160. The van der Waals surface area contributed by atoms with Gasteiger partial charge in [-0.3, -0.25) is 9.80 Å². The summed E-state index contributed by atoms with van der Waals surface area (Å²) in [6, 6.07) is 0. The van der Waals surface area contributed by atoms with E-state index >= 15 is 0 Å². The van der Waals surface area contributed by atoms with E-state index in [4.69, 9.17) is 10.5 Å². The van der Waals surface area contributed by atoms with Crippen molar-refractivity contribution in [3.8, 4) is 0 Å². The summed E-state index contributed by atoms with van der Waals surface area (Å²) in [7, 11) is 2.23. The van der Waals surface area contributed by atoms with Gasteiger partial charge in [0.15, 0.2) is 0 Å². The molecule has 1 aliphatic carbocycles. The van der Waals surface area contributed by atoms with Crippen molar-refractivity contribution in [2.75, 3.05) is 39.8 Å². The minimum atomic E-state index is -0.0832. The SMILES string of the molecule is CN1CCN(CC2(N)C3CCOC3C2(C)C)CC1(C)C. The molecule has 3 rings (SSSR count). The summed E-state index contributed by atoms with van der Waals surface area (Å²) in [6.07, 6.45) is 1.52. The maximum Gasteiger partial charge on any atom is 0.0691 e. The molecule has 2 saturated heterocycles. The third-order valence-corrected chi connectivity index (χ3v) is 6.55. The number of rotatable bonds is 2. The largest absolute Gasteiger partial charge is 0.377 e. The minimum Gasteiger partial charge on any atom is -0.377 e. The lowest BCUT2D eigenvalue weighted by Gasteiger charge is -2.64. The van der Waals surface area contributed by atoms with Crippen LogP contribution >= 0.6 is 0 Å². The molecule has 2 heterocycles. The predicted molar refractivity (Wildman–Crippen MR) is 81.7 cm³/mol. The average molecular weight is 281 g/mol. The molecule has 116 valence electrons. The van der Waals surface area contributed by atoms with Crippen molar-refractivity contribution in [1.82, 2.24) is 9.80 Å². The minimum absolute atomic E-state index is 0.0832.